The van der Waals surface area contributed by atoms with Gasteiger partial charge in [0.15, 0.2) is 0 Å². The van der Waals surface area contributed by atoms with Crippen molar-refractivity contribution in [2.24, 2.45) is 5.92 Å². The minimum absolute atomic E-state index is 0.130. The molecule has 14 heavy (non-hydrogen) atoms. The highest BCUT2D eigenvalue weighted by atomic mass is 16.3. The van der Waals surface area contributed by atoms with E-state index in [1.807, 2.05) is 6.92 Å². The van der Waals surface area contributed by atoms with Crippen LogP contribution in [-0.2, 0) is 4.79 Å². The fourth-order valence-corrected chi connectivity index (χ4v) is 2.17. The molecule has 1 aliphatic rings. The third kappa shape index (κ3) is 3.79. The molecule has 0 saturated heterocycles. The van der Waals surface area contributed by atoms with Crippen molar-refractivity contribution in [3.63, 3.8) is 0 Å². The van der Waals surface area contributed by atoms with Crippen molar-refractivity contribution in [2.45, 2.75) is 64.4 Å². The highest BCUT2D eigenvalue weighted by molar-refractivity contribution is 5.82. The molecule has 0 aromatic heterocycles. The third-order valence-corrected chi connectivity index (χ3v) is 3.24. The van der Waals surface area contributed by atoms with Gasteiger partial charge in [-0.2, -0.15) is 0 Å². The van der Waals surface area contributed by atoms with E-state index >= 15 is 0 Å². The molecule has 0 bridgehead atoms. The fourth-order valence-electron chi connectivity index (χ4n) is 2.17. The van der Waals surface area contributed by atoms with Crippen LogP contribution in [-0.4, -0.2) is 17.0 Å². The first-order valence-electron chi connectivity index (χ1n) is 5.94. The SMILES string of the molecule is CCC(O)CCCCC1CCCC1=O. The van der Waals surface area contributed by atoms with Crippen molar-refractivity contribution >= 4 is 5.78 Å². The Balaban J connectivity index is 2.01. The van der Waals surface area contributed by atoms with Crippen molar-refractivity contribution in [1.82, 2.24) is 0 Å². The molecule has 82 valence electrons. The van der Waals surface area contributed by atoms with E-state index < -0.39 is 0 Å². The first-order chi connectivity index (χ1) is 6.74. The molecule has 2 atom stereocenters. The average molecular weight is 198 g/mol. The first-order valence-corrected chi connectivity index (χ1v) is 5.94. The number of aliphatic hydroxyl groups excluding tert-OH is 1. The van der Waals surface area contributed by atoms with Gasteiger partial charge in [-0.25, -0.2) is 0 Å². The summed E-state index contributed by atoms with van der Waals surface area (Å²) in [5, 5.41) is 9.33. The van der Waals surface area contributed by atoms with Crippen molar-refractivity contribution in [3.8, 4) is 0 Å². The summed E-state index contributed by atoms with van der Waals surface area (Å²) in [6.07, 6.45) is 7.86. The van der Waals surface area contributed by atoms with Crippen molar-refractivity contribution < 1.29 is 9.90 Å². The van der Waals surface area contributed by atoms with E-state index in [0.717, 1.165) is 51.4 Å². The Bertz CT molecular complexity index is 177. The number of ketones is 1. The molecule has 1 saturated carbocycles. The maximum Gasteiger partial charge on any atom is 0.135 e. The van der Waals surface area contributed by atoms with E-state index in [2.05, 4.69) is 0 Å². The zero-order valence-electron chi connectivity index (χ0n) is 9.17. The third-order valence-electron chi connectivity index (χ3n) is 3.24. The summed E-state index contributed by atoms with van der Waals surface area (Å²) in [6, 6.07) is 0. The number of unbranched alkanes of at least 4 members (excludes halogenated alkanes) is 1. The van der Waals surface area contributed by atoms with E-state index in [0.29, 0.717) is 11.7 Å². The van der Waals surface area contributed by atoms with Gasteiger partial charge >= 0.3 is 0 Å². The predicted molar refractivity (Wildman–Crippen MR) is 57.1 cm³/mol. The van der Waals surface area contributed by atoms with Crippen LogP contribution in [0, 0.1) is 5.92 Å². The van der Waals surface area contributed by atoms with E-state index in [4.69, 9.17) is 0 Å². The molecule has 0 aromatic carbocycles. The Morgan fingerprint density at radius 1 is 1.50 bits per heavy atom. The zero-order valence-corrected chi connectivity index (χ0v) is 9.17. The van der Waals surface area contributed by atoms with Crippen LogP contribution in [0.1, 0.15) is 58.3 Å². The normalized spacial score (nSPS) is 24.1. The van der Waals surface area contributed by atoms with Crippen LogP contribution in [0.2, 0.25) is 0 Å². The maximum atomic E-state index is 11.3. The van der Waals surface area contributed by atoms with Crippen molar-refractivity contribution in [2.75, 3.05) is 0 Å². The molecule has 0 amide bonds. The largest absolute Gasteiger partial charge is 0.393 e. The standard InChI is InChI=1S/C12H22O2/c1-2-11(13)8-4-3-6-10-7-5-9-12(10)14/h10-11,13H,2-9H2,1H3. The summed E-state index contributed by atoms with van der Waals surface area (Å²) in [4.78, 5) is 11.3. The Morgan fingerprint density at radius 3 is 2.86 bits per heavy atom. The minimum Gasteiger partial charge on any atom is -0.393 e. The number of rotatable bonds is 6. The summed E-state index contributed by atoms with van der Waals surface area (Å²) in [5.74, 6) is 0.829. The first kappa shape index (κ1) is 11.7. The zero-order chi connectivity index (χ0) is 10.4. The number of hydrogen-bond acceptors (Lipinski definition) is 2. The van der Waals surface area contributed by atoms with Crippen molar-refractivity contribution in [3.05, 3.63) is 0 Å². The lowest BCUT2D eigenvalue weighted by Crippen LogP contribution is -2.07. The van der Waals surface area contributed by atoms with E-state index in [9.17, 15) is 9.90 Å². The molecule has 0 heterocycles. The van der Waals surface area contributed by atoms with Gasteiger partial charge in [0.25, 0.3) is 0 Å². The lowest BCUT2D eigenvalue weighted by atomic mass is 9.98. The topological polar surface area (TPSA) is 37.3 Å². The molecule has 0 aliphatic heterocycles. The molecule has 2 unspecified atom stereocenters. The summed E-state index contributed by atoms with van der Waals surface area (Å²) in [7, 11) is 0. The van der Waals surface area contributed by atoms with Gasteiger partial charge in [0.2, 0.25) is 0 Å². The van der Waals surface area contributed by atoms with Crippen LogP contribution in [0.25, 0.3) is 0 Å². The van der Waals surface area contributed by atoms with Gasteiger partial charge in [-0.15, -0.1) is 0 Å². The molecular weight excluding hydrogens is 176 g/mol. The molecule has 0 radical (unpaired) electrons. The molecule has 2 heteroatoms. The average Bonchev–Trinajstić information content (AvgIpc) is 2.58. The highest BCUT2D eigenvalue weighted by Crippen LogP contribution is 2.26. The van der Waals surface area contributed by atoms with Gasteiger partial charge in [-0.3, -0.25) is 4.79 Å². The lowest BCUT2D eigenvalue weighted by Gasteiger charge is -2.09. The minimum atomic E-state index is -0.130. The Kier molecular flexibility index (Phi) is 5.16. The van der Waals surface area contributed by atoms with E-state index in [-0.39, 0.29) is 6.10 Å². The van der Waals surface area contributed by atoms with Gasteiger partial charge < -0.3 is 5.11 Å². The molecule has 0 aromatic rings. The number of carbonyl (C=O) groups excluding carboxylic acids is 1. The second-order valence-electron chi connectivity index (χ2n) is 4.40. The van der Waals surface area contributed by atoms with Crippen molar-refractivity contribution in [1.29, 1.82) is 0 Å². The Hall–Kier alpha value is -0.370. The number of carbonyl (C=O) groups is 1. The molecule has 1 fully saturated rings. The second kappa shape index (κ2) is 6.18. The van der Waals surface area contributed by atoms with E-state index in [1.54, 1.807) is 0 Å². The summed E-state index contributed by atoms with van der Waals surface area (Å²) in [6.45, 7) is 2.01. The maximum absolute atomic E-state index is 11.3. The van der Waals surface area contributed by atoms with Crippen LogP contribution < -0.4 is 0 Å². The second-order valence-corrected chi connectivity index (χ2v) is 4.40. The predicted octanol–water partition coefficient (Wildman–Crippen LogP) is 2.69. The quantitative estimate of drug-likeness (QED) is 0.666. The van der Waals surface area contributed by atoms with Gasteiger partial charge in [0, 0.05) is 12.3 Å². The Morgan fingerprint density at radius 2 is 2.29 bits per heavy atom. The monoisotopic (exact) mass is 198 g/mol. The lowest BCUT2D eigenvalue weighted by molar-refractivity contribution is -0.120. The Labute approximate surface area is 86.7 Å². The molecular formula is C12H22O2. The van der Waals surface area contributed by atoms with Gasteiger partial charge in [-0.1, -0.05) is 19.8 Å². The van der Waals surface area contributed by atoms with Crippen LogP contribution in [0.3, 0.4) is 0 Å². The van der Waals surface area contributed by atoms with Crippen LogP contribution in [0.15, 0.2) is 0 Å². The highest BCUT2D eigenvalue weighted by Gasteiger charge is 2.23. The smallest absolute Gasteiger partial charge is 0.135 e. The molecule has 0 spiro atoms. The van der Waals surface area contributed by atoms with Gasteiger partial charge in [-0.05, 0) is 32.1 Å². The number of aliphatic hydroxyl groups is 1. The number of hydrogen-bond donors (Lipinski definition) is 1. The molecule has 1 rings (SSSR count). The van der Waals surface area contributed by atoms with Crippen LogP contribution >= 0.6 is 0 Å². The summed E-state index contributed by atoms with van der Waals surface area (Å²) < 4.78 is 0. The molecule has 1 aliphatic carbocycles. The number of Topliss-reactive ketones (excluding diaryl/α,β-unsaturated/α-hetero) is 1. The fraction of sp³-hybridized carbons (Fsp3) is 0.917. The molecule has 1 N–H and O–H groups in total. The van der Waals surface area contributed by atoms with Crippen LogP contribution in [0.5, 0.6) is 0 Å². The summed E-state index contributed by atoms with van der Waals surface area (Å²) in [5.41, 5.74) is 0. The molecule has 2 nitrogen and oxygen atoms in total. The van der Waals surface area contributed by atoms with Gasteiger partial charge in [0.1, 0.15) is 5.78 Å². The summed E-state index contributed by atoms with van der Waals surface area (Å²) >= 11 is 0. The van der Waals surface area contributed by atoms with E-state index in [1.165, 1.54) is 0 Å². The van der Waals surface area contributed by atoms with Gasteiger partial charge in [0.05, 0.1) is 6.10 Å². The van der Waals surface area contributed by atoms with Crippen LogP contribution in [0.4, 0.5) is 0 Å².